The van der Waals surface area contributed by atoms with Crippen LogP contribution in [0.1, 0.15) is 40.0 Å². The van der Waals surface area contributed by atoms with E-state index in [0.717, 1.165) is 31.6 Å². The van der Waals surface area contributed by atoms with Crippen molar-refractivity contribution in [1.82, 2.24) is 4.90 Å². The van der Waals surface area contributed by atoms with Crippen LogP contribution < -0.4 is 10.1 Å². The number of carbonyl (C=O) groups excluding carboxylic acids is 1. The van der Waals surface area contributed by atoms with Gasteiger partial charge in [0.25, 0.3) is 0 Å². The predicted molar refractivity (Wildman–Crippen MR) is 90.2 cm³/mol. The topological polar surface area (TPSA) is 41.6 Å². The molecule has 1 amide bonds. The fourth-order valence-corrected chi connectivity index (χ4v) is 2.84. The van der Waals surface area contributed by atoms with Gasteiger partial charge in [-0.25, -0.2) is 4.39 Å². The number of nitrogens with one attached hydrogen (secondary N) is 1. The number of anilines is 1. The van der Waals surface area contributed by atoms with Gasteiger partial charge < -0.3 is 15.0 Å². The molecule has 1 N–H and O–H groups in total. The molecular weight excluding hydrogens is 295 g/mol. The van der Waals surface area contributed by atoms with Gasteiger partial charge in [0.15, 0.2) is 0 Å². The molecule has 1 fully saturated rings. The summed E-state index contributed by atoms with van der Waals surface area (Å²) in [5, 5.41) is 3.41. The zero-order valence-electron chi connectivity index (χ0n) is 14.5. The molecule has 5 heteroatoms. The summed E-state index contributed by atoms with van der Waals surface area (Å²) in [6.45, 7) is 7.77. The Balaban J connectivity index is 1.89. The zero-order chi connectivity index (χ0) is 17.0. The molecular formula is C18H27FN2O2. The number of methoxy groups -OCH3 is 1. The molecule has 1 aromatic rings. The standard InChI is InChI=1S/C18H27FN2O2/c1-18(2,3)12-17(22)21-9-7-14(8-10-21)20-15-6-5-13(19)11-16(15)23-4/h5-6,11,14,20H,7-10,12H2,1-4H3. The van der Waals surface area contributed by atoms with Gasteiger partial charge in [-0.2, -0.15) is 0 Å². The third-order valence-corrected chi connectivity index (χ3v) is 4.05. The van der Waals surface area contributed by atoms with E-state index < -0.39 is 0 Å². The Kier molecular flexibility index (Phi) is 5.50. The highest BCUT2D eigenvalue weighted by molar-refractivity contribution is 5.77. The molecule has 4 nitrogen and oxygen atoms in total. The molecule has 1 aliphatic rings. The van der Waals surface area contributed by atoms with E-state index in [1.165, 1.54) is 19.2 Å². The van der Waals surface area contributed by atoms with Gasteiger partial charge in [-0.3, -0.25) is 4.79 Å². The normalized spacial score (nSPS) is 16.3. The van der Waals surface area contributed by atoms with Crippen molar-refractivity contribution in [3.63, 3.8) is 0 Å². The average molecular weight is 322 g/mol. The smallest absolute Gasteiger partial charge is 0.223 e. The third-order valence-electron chi connectivity index (χ3n) is 4.05. The van der Waals surface area contributed by atoms with Gasteiger partial charge in [-0.15, -0.1) is 0 Å². The Bertz CT molecular complexity index is 546. The number of ether oxygens (including phenoxy) is 1. The van der Waals surface area contributed by atoms with E-state index in [9.17, 15) is 9.18 Å². The first-order valence-corrected chi connectivity index (χ1v) is 8.16. The molecule has 1 heterocycles. The molecule has 2 rings (SSSR count). The van der Waals surface area contributed by atoms with Crippen molar-refractivity contribution in [3.8, 4) is 5.75 Å². The maximum atomic E-state index is 13.2. The van der Waals surface area contributed by atoms with Crippen molar-refractivity contribution in [2.45, 2.75) is 46.1 Å². The molecule has 0 radical (unpaired) electrons. The first-order chi connectivity index (χ1) is 10.8. The van der Waals surface area contributed by atoms with Gasteiger partial charge in [-0.05, 0) is 30.4 Å². The lowest BCUT2D eigenvalue weighted by atomic mass is 9.91. The number of likely N-dealkylation sites (tertiary alicyclic amines) is 1. The summed E-state index contributed by atoms with van der Waals surface area (Å²) < 4.78 is 18.5. The number of halogens is 1. The van der Waals surface area contributed by atoms with Gasteiger partial charge >= 0.3 is 0 Å². The van der Waals surface area contributed by atoms with E-state index in [-0.39, 0.29) is 23.2 Å². The van der Waals surface area contributed by atoms with Gasteiger partial charge in [0.1, 0.15) is 11.6 Å². The minimum atomic E-state index is -0.310. The number of rotatable bonds is 4. The van der Waals surface area contributed by atoms with E-state index in [2.05, 4.69) is 26.1 Å². The maximum absolute atomic E-state index is 13.2. The summed E-state index contributed by atoms with van der Waals surface area (Å²) in [6.07, 6.45) is 2.35. The first kappa shape index (κ1) is 17.6. The van der Waals surface area contributed by atoms with E-state index in [0.29, 0.717) is 12.2 Å². The van der Waals surface area contributed by atoms with Gasteiger partial charge in [0, 0.05) is 31.6 Å². The second-order valence-corrected chi connectivity index (χ2v) is 7.38. The lowest BCUT2D eigenvalue weighted by Crippen LogP contribution is -2.43. The molecule has 1 saturated heterocycles. The highest BCUT2D eigenvalue weighted by Crippen LogP contribution is 2.28. The molecule has 0 bridgehead atoms. The third kappa shape index (κ3) is 5.12. The van der Waals surface area contributed by atoms with Crippen LogP contribution in [-0.4, -0.2) is 37.0 Å². The number of nitrogens with zero attached hydrogens (tertiary/aromatic N) is 1. The minimum absolute atomic E-state index is 0.0215. The van der Waals surface area contributed by atoms with E-state index >= 15 is 0 Å². The van der Waals surface area contributed by atoms with Crippen LogP contribution in [0.4, 0.5) is 10.1 Å². The van der Waals surface area contributed by atoms with Gasteiger partial charge in [-0.1, -0.05) is 20.8 Å². The van der Waals surface area contributed by atoms with E-state index in [4.69, 9.17) is 4.74 Å². The van der Waals surface area contributed by atoms with Crippen molar-refractivity contribution in [3.05, 3.63) is 24.0 Å². The van der Waals surface area contributed by atoms with Crippen LogP contribution in [0.3, 0.4) is 0 Å². The Morgan fingerprint density at radius 1 is 1.35 bits per heavy atom. The summed E-state index contributed by atoms with van der Waals surface area (Å²) in [6, 6.07) is 4.77. The molecule has 0 atom stereocenters. The van der Waals surface area contributed by atoms with Crippen LogP contribution in [0.5, 0.6) is 5.75 Å². The molecule has 0 unspecified atom stereocenters. The minimum Gasteiger partial charge on any atom is -0.494 e. The van der Waals surface area contributed by atoms with Gasteiger partial charge in [0.05, 0.1) is 12.8 Å². The Hall–Kier alpha value is -1.78. The molecule has 0 saturated carbocycles. The van der Waals surface area contributed by atoms with E-state index in [1.807, 2.05) is 4.90 Å². The monoisotopic (exact) mass is 322 g/mol. The molecule has 23 heavy (non-hydrogen) atoms. The predicted octanol–water partition coefficient (Wildman–Crippen LogP) is 3.67. The zero-order valence-corrected chi connectivity index (χ0v) is 14.5. The average Bonchev–Trinajstić information content (AvgIpc) is 2.48. The summed E-state index contributed by atoms with van der Waals surface area (Å²) in [5.41, 5.74) is 0.821. The van der Waals surface area contributed by atoms with Gasteiger partial charge in [0.2, 0.25) is 5.91 Å². The fourth-order valence-electron chi connectivity index (χ4n) is 2.84. The molecule has 1 aliphatic heterocycles. The van der Waals surface area contributed by atoms with Crippen LogP contribution in [0.2, 0.25) is 0 Å². The van der Waals surface area contributed by atoms with Crippen LogP contribution >= 0.6 is 0 Å². The van der Waals surface area contributed by atoms with Crippen LogP contribution in [-0.2, 0) is 4.79 Å². The van der Waals surface area contributed by atoms with Crippen molar-refractivity contribution in [1.29, 1.82) is 0 Å². The van der Waals surface area contributed by atoms with Crippen molar-refractivity contribution in [2.75, 3.05) is 25.5 Å². The fraction of sp³-hybridized carbons (Fsp3) is 0.611. The highest BCUT2D eigenvalue weighted by atomic mass is 19.1. The maximum Gasteiger partial charge on any atom is 0.223 e. The number of hydrogen-bond acceptors (Lipinski definition) is 3. The summed E-state index contributed by atoms with van der Waals surface area (Å²) in [7, 11) is 1.54. The Morgan fingerprint density at radius 2 is 2.00 bits per heavy atom. The van der Waals surface area contributed by atoms with Crippen LogP contribution in [0.25, 0.3) is 0 Å². The molecule has 0 aliphatic carbocycles. The quantitative estimate of drug-likeness (QED) is 0.919. The second-order valence-electron chi connectivity index (χ2n) is 7.38. The number of hydrogen-bond donors (Lipinski definition) is 1. The summed E-state index contributed by atoms with van der Waals surface area (Å²) >= 11 is 0. The number of piperidine rings is 1. The van der Waals surface area contributed by atoms with Crippen molar-refractivity contribution in [2.24, 2.45) is 5.41 Å². The van der Waals surface area contributed by atoms with Crippen molar-refractivity contribution < 1.29 is 13.9 Å². The summed E-state index contributed by atoms with van der Waals surface area (Å²) in [5.74, 6) is 0.432. The van der Waals surface area contributed by atoms with E-state index in [1.54, 1.807) is 6.07 Å². The van der Waals surface area contributed by atoms with Crippen LogP contribution in [0, 0.1) is 11.2 Å². The highest BCUT2D eigenvalue weighted by Gasteiger charge is 2.26. The number of amides is 1. The number of carbonyl (C=O) groups is 1. The lowest BCUT2D eigenvalue weighted by molar-refractivity contribution is -0.134. The summed E-state index contributed by atoms with van der Waals surface area (Å²) in [4.78, 5) is 14.2. The SMILES string of the molecule is COc1cc(F)ccc1NC1CCN(C(=O)CC(C)(C)C)CC1. The molecule has 0 aromatic heterocycles. The molecule has 1 aromatic carbocycles. The largest absolute Gasteiger partial charge is 0.494 e. The first-order valence-electron chi connectivity index (χ1n) is 8.16. The molecule has 0 spiro atoms. The Morgan fingerprint density at radius 3 is 2.57 bits per heavy atom. The van der Waals surface area contributed by atoms with Crippen molar-refractivity contribution >= 4 is 11.6 Å². The second kappa shape index (κ2) is 7.20. The Labute approximate surface area is 138 Å². The lowest BCUT2D eigenvalue weighted by Gasteiger charge is -2.34. The number of benzene rings is 1. The molecule has 128 valence electrons. The van der Waals surface area contributed by atoms with Crippen LogP contribution in [0.15, 0.2) is 18.2 Å².